The Balaban J connectivity index is 0.000000248. The van der Waals surface area contributed by atoms with Crippen LogP contribution in [0.5, 0.6) is 0 Å². The number of benzene rings is 6. The molecule has 16 nitrogen and oxygen atoms in total. The molecule has 1 aromatic heterocycles. The summed E-state index contributed by atoms with van der Waals surface area (Å²) in [6.45, 7) is 4.47. The molecule has 6 aromatic carbocycles. The van der Waals surface area contributed by atoms with Gasteiger partial charge in [0.15, 0.2) is 11.6 Å². The van der Waals surface area contributed by atoms with E-state index in [2.05, 4.69) is 10.3 Å². The average Bonchev–Trinajstić information content (AvgIpc) is 4.45. The lowest BCUT2D eigenvalue weighted by Gasteiger charge is -2.18. The van der Waals surface area contributed by atoms with Gasteiger partial charge in [-0.3, -0.25) is 23.1 Å². The van der Waals surface area contributed by atoms with Gasteiger partial charge in [0.05, 0.1) is 30.6 Å². The van der Waals surface area contributed by atoms with Crippen molar-refractivity contribution in [3.63, 3.8) is 0 Å². The number of β-amino-alcohol motifs (C(OH)–C–C–N with tert-alkyl or cyclic N) is 2. The van der Waals surface area contributed by atoms with Gasteiger partial charge in [0.2, 0.25) is 0 Å². The van der Waals surface area contributed by atoms with Crippen molar-refractivity contribution in [2.45, 2.75) is 79.7 Å². The number of halogens is 1. The summed E-state index contributed by atoms with van der Waals surface area (Å²) >= 11 is 0. The van der Waals surface area contributed by atoms with Gasteiger partial charge in [-0.1, -0.05) is 157 Å². The number of carbonyl (C=O) groups is 3. The monoisotopic (exact) mass is 1140 g/mol. The number of carbonyl (C=O) groups excluding carboxylic acids is 3. The quantitative estimate of drug-likeness (QED) is 0.0994. The van der Waals surface area contributed by atoms with Crippen molar-refractivity contribution >= 4 is 33.7 Å². The molecule has 4 saturated heterocycles. The van der Waals surface area contributed by atoms with E-state index in [1.54, 1.807) is 39.0 Å². The third-order valence-electron chi connectivity index (χ3n) is 13.7. The lowest BCUT2D eigenvalue weighted by molar-refractivity contribution is 0.0761. The third kappa shape index (κ3) is 18.3. The van der Waals surface area contributed by atoms with Crippen LogP contribution >= 0.6 is 0 Å². The normalized spacial score (nSPS) is 17.8. The topological polar surface area (TPSA) is 218 Å². The highest BCUT2D eigenvalue weighted by molar-refractivity contribution is 7.86. The number of aliphatic hydroxyl groups is 2. The molecule has 0 bridgehead atoms. The summed E-state index contributed by atoms with van der Waals surface area (Å²) in [5, 5.41) is 21.2. The molecule has 5 heterocycles. The lowest BCUT2D eigenvalue weighted by atomic mass is 10.0. The number of amides is 3. The lowest BCUT2D eigenvalue weighted by Crippen LogP contribution is -2.32. The van der Waals surface area contributed by atoms with Gasteiger partial charge in [-0.15, -0.1) is 0 Å². The molecule has 18 heteroatoms. The number of hydrogen-bond donors (Lipinski definition) is 4. The molecular weight excluding hydrogens is 1060 g/mol. The molecule has 5 N–H and O–H groups in total. The minimum Gasteiger partial charge on any atom is -0.392 e. The number of aliphatic hydroxyl groups excluding tert-OH is 2. The van der Waals surface area contributed by atoms with Crippen molar-refractivity contribution in [2.24, 2.45) is 0 Å². The van der Waals surface area contributed by atoms with Gasteiger partial charge in [-0.2, -0.15) is 13.4 Å². The van der Waals surface area contributed by atoms with E-state index in [1.807, 2.05) is 140 Å². The van der Waals surface area contributed by atoms with Crippen LogP contribution in [0.25, 0.3) is 33.4 Å². The molecule has 0 unspecified atom stereocenters. The second-order valence-corrected chi connectivity index (χ2v) is 21.1. The summed E-state index contributed by atoms with van der Waals surface area (Å²) in [5.41, 5.74) is 13.1. The van der Waals surface area contributed by atoms with Gasteiger partial charge < -0.3 is 36.0 Å². The van der Waals surface area contributed by atoms with E-state index in [-0.39, 0.29) is 65.7 Å². The highest BCUT2D eigenvalue weighted by Gasteiger charge is 2.31. The minimum atomic E-state index is -3.50. The molecule has 0 saturated carbocycles. The van der Waals surface area contributed by atoms with E-state index in [0.29, 0.717) is 75.2 Å². The second kappa shape index (κ2) is 31.4. The van der Waals surface area contributed by atoms with Gasteiger partial charge in [0.1, 0.15) is 0 Å². The Hall–Kier alpha value is -7.87. The number of nitrogen functional groups attached to an aromatic ring is 1. The summed E-state index contributed by atoms with van der Waals surface area (Å²) < 4.78 is 42.2. The van der Waals surface area contributed by atoms with Gasteiger partial charge in [-0.25, -0.2) is 9.18 Å². The molecule has 7 aromatic rings. The first-order valence-corrected chi connectivity index (χ1v) is 27.7. The van der Waals surface area contributed by atoms with Crippen molar-refractivity contribution in [3.8, 4) is 33.4 Å². The van der Waals surface area contributed by atoms with Gasteiger partial charge in [0, 0.05) is 68.7 Å². The molecule has 82 heavy (non-hydrogen) atoms. The minimum absolute atomic E-state index is 0. The molecule has 4 fully saturated rings. The van der Waals surface area contributed by atoms with Gasteiger partial charge in [-0.05, 0) is 102 Å². The smallest absolute Gasteiger partial charge is 0.350 e. The summed E-state index contributed by atoms with van der Waals surface area (Å²) in [4.78, 5) is 58.1. The van der Waals surface area contributed by atoms with Crippen LogP contribution in [0.1, 0.15) is 92.5 Å². The zero-order valence-electron chi connectivity index (χ0n) is 43.3. The Morgan fingerprint density at radius 1 is 0.561 bits per heavy atom. The van der Waals surface area contributed by atoms with Crippen LogP contribution in [0, 0.1) is 5.82 Å². The second-order valence-electron chi connectivity index (χ2n) is 19.5. The van der Waals surface area contributed by atoms with Gasteiger partial charge >= 0.3 is 5.69 Å². The number of aromatic nitrogens is 2. The highest BCUT2D eigenvalue weighted by atomic mass is 32.2. The Kier molecular flexibility index (Phi) is 25.5. The molecule has 11 rings (SSSR count). The summed E-state index contributed by atoms with van der Waals surface area (Å²) in [6, 6.07) is 52.2. The molecule has 0 spiro atoms. The predicted octanol–water partition coefficient (Wildman–Crippen LogP) is 9.71. The fraction of sp³-hybridized carbons (Fsp3) is 0.328. The number of nitrogens with zero attached hydrogens (tertiary/aromatic N) is 5. The first kappa shape index (κ1) is 66.6. The van der Waals surface area contributed by atoms with Crippen molar-refractivity contribution in [1.29, 1.82) is 0 Å². The molecular formula is C64H80FN7O9S. The van der Waals surface area contributed by atoms with Crippen LogP contribution in [0.4, 0.5) is 10.2 Å². The largest absolute Gasteiger partial charge is 0.392 e. The molecule has 0 aliphatic carbocycles. The van der Waals surface area contributed by atoms with Crippen molar-refractivity contribution in [3.05, 3.63) is 203 Å². The van der Waals surface area contributed by atoms with Crippen LogP contribution in [0.2, 0.25) is 0 Å². The molecule has 3 amide bonds. The van der Waals surface area contributed by atoms with Crippen molar-refractivity contribution in [1.82, 2.24) is 29.6 Å². The summed E-state index contributed by atoms with van der Waals surface area (Å²) in [6.07, 6.45) is 3.89. The molecule has 0 radical (unpaired) electrons. The van der Waals surface area contributed by atoms with Crippen LogP contribution in [0.15, 0.2) is 175 Å². The van der Waals surface area contributed by atoms with Crippen molar-refractivity contribution < 1.29 is 41.6 Å². The summed E-state index contributed by atoms with van der Waals surface area (Å²) in [5.74, 6) is -1.36. The number of hydrogen-bond acceptors (Lipinski definition) is 12. The number of nitrogens with one attached hydrogen (secondary N) is 1. The molecule has 4 aliphatic rings. The Morgan fingerprint density at radius 3 is 1.32 bits per heavy atom. The predicted molar refractivity (Wildman–Crippen MR) is 325 cm³/mol. The Bertz CT molecular complexity index is 3280. The van der Waals surface area contributed by atoms with E-state index in [0.717, 1.165) is 65.3 Å². The first-order valence-electron chi connectivity index (χ1n) is 25.9. The van der Waals surface area contributed by atoms with Crippen LogP contribution < -0.4 is 16.7 Å². The fourth-order valence-electron chi connectivity index (χ4n) is 9.53. The standard InChI is InChI=1S/C21H19FN4O2.C18H19NO4S.C17H17NO2.C4H9NO.4CH4/c22-18-13-26(21(28)24-19(18)23)17-10-11-25(12-17)20(27)16-8-6-15(7-9-16)14-4-2-1-3-5-14;1-24(21,22)23-17-11-12-19(13-17)18(20)16-9-7-15(8-10-16)14-5-3-2-4-6-14;19-16-10-11-18(12-16)17(20)15-8-6-14(7-9-15)13-4-2-1-3-5-13;6-4-1-2-5-3-4;;;;/h1-9,13,17H,10-12H2,(H2,23,24,28);2-10,17H,11-13H2,1H3;1-9,16,19H,10-12H2;4-6H,1-3H2;4*1H4/t2*17-;16-;4-;;;;/m0111..../s1. The summed E-state index contributed by atoms with van der Waals surface area (Å²) in [7, 11) is -3.50. The Morgan fingerprint density at radius 2 is 0.951 bits per heavy atom. The number of nitrogens with two attached hydrogens (primary N) is 1. The maximum absolute atomic E-state index is 13.7. The fourth-order valence-corrected chi connectivity index (χ4v) is 10.2. The highest BCUT2D eigenvalue weighted by Crippen LogP contribution is 2.26. The maximum atomic E-state index is 13.7. The zero-order valence-corrected chi connectivity index (χ0v) is 44.1. The number of rotatable bonds is 9. The van der Waals surface area contributed by atoms with E-state index < -0.39 is 33.5 Å². The zero-order chi connectivity index (χ0) is 55.2. The number of likely N-dealkylation sites (tertiary alicyclic amines) is 3. The van der Waals surface area contributed by atoms with Crippen LogP contribution in [0.3, 0.4) is 0 Å². The van der Waals surface area contributed by atoms with E-state index in [9.17, 15) is 37.1 Å². The molecule has 4 aliphatic heterocycles. The van der Waals surface area contributed by atoms with Crippen molar-refractivity contribution in [2.75, 3.05) is 64.3 Å². The van der Waals surface area contributed by atoms with E-state index in [1.165, 1.54) is 4.57 Å². The molecule has 438 valence electrons. The van der Waals surface area contributed by atoms with E-state index in [4.69, 9.17) is 15.0 Å². The average molecular weight is 1140 g/mol. The number of anilines is 1. The maximum Gasteiger partial charge on any atom is 0.350 e. The SMILES string of the molecule is C.C.C.C.CS(=O)(=O)O[C@@H]1CCN(C(=O)c2ccc(-c3ccccc3)cc2)C1.Nc1nc(=O)n([C@H]2CCN(C(=O)c3ccc(-c4ccccc4)cc3)C2)cc1F.O=C(c1ccc(-c2ccccc2)cc1)N1CC[C@@H](O)C1.O[C@@H]1CCNC1. The first-order chi connectivity index (χ1) is 37.6. The van der Waals surface area contributed by atoms with E-state index >= 15 is 0 Å². The van der Waals surface area contributed by atoms with Crippen LogP contribution in [-0.4, -0.2) is 138 Å². The molecule has 4 atom stereocenters. The Labute approximate surface area is 483 Å². The van der Waals surface area contributed by atoms with Gasteiger partial charge in [0.25, 0.3) is 27.8 Å². The van der Waals surface area contributed by atoms with Crippen LogP contribution in [-0.2, 0) is 14.3 Å². The third-order valence-corrected chi connectivity index (χ3v) is 14.3.